The van der Waals surface area contributed by atoms with Gasteiger partial charge in [0.1, 0.15) is 5.82 Å². The number of nitrogens with zero attached hydrogens (tertiary/aromatic N) is 3. The zero-order valence-electron chi connectivity index (χ0n) is 18.8. The molecule has 0 saturated carbocycles. The van der Waals surface area contributed by atoms with Crippen molar-refractivity contribution >= 4 is 39.5 Å². The normalized spacial score (nSPS) is 17.6. The van der Waals surface area contributed by atoms with Gasteiger partial charge in [-0.1, -0.05) is 29.8 Å². The lowest BCUT2D eigenvalue weighted by Crippen LogP contribution is -2.53. The van der Waals surface area contributed by atoms with Gasteiger partial charge in [-0.3, -0.25) is 14.4 Å². The molecule has 10 heteroatoms. The SMILES string of the molecule is C[C@@H]1CN(Cc2ccc(F)cc2)CCN1C(=O)/C=C/c1ccc(Cl)cc1NS(=O)(=O)N(C)C. The average molecular weight is 495 g/mol. The highest BCUT2D eigenvalue weighted by Crippen LogP contribution is 2.24. The van der Waals surface area contributed by atoms with Gasteiger partial charge in [0.15, 0.2) is 0 Å². The smallest absolute Gasteiger partial charge is 0.301 e. The topological polar surface area (TPSA) is 73.0 Å². The third kappa shape index (κ3) is 6.77. The molecular weight excluding hydrogens is 467 g/mol. The molecule has 1 heterocycles. The Morgan fingerprint density at radius 2 is 1.91 bits per heavy atom. The first-order chi connectivity index (χ1) is 15.5. The molecule has 1 N–H and O–H groups in total. The van der Waals surface area contributed by atoms with E-state index in [4.69, 9.17) is 11.6 Å². The van der Waals surface area contributed by atoms with Gasteiger partial charge >= 0.3 is 10.2 Å². The molecule has 1 atom stereocenters. The van der Waals surface area contributed by atoms with Crippen LogP contribution in [0.1, 0.15) is 18.1 Å². The third-order valence-electron chi connectivity index (χ3n) is 5.45. The monoisotopic (exact) mass is 494 g/mol. The summed E-state index contributed by atoms with van der Waals surface area (Å²) in [5.41, 5.74) is 1.84. The van der Waals surface area contributed by atoms with Crippen molar-refractivity contribution in [3.8, 4) is 0 Å². The summed E-state index contributed by atoms with van der Waals surface area (Å²) in [6.45, 7) is 4.65. The maximum Gasteiger partial charge on any atom is 0.301 e. The van der Waals surface area contributed by atoms with Gasteiger partial charge in [-0.15, -0.1) is 0 Å². The molecule has 178 valence electrons. The summed E-state index contributed by atoms with van der Waals surface area (Å²) in [6, 6.07) is 11.2. The number of rotatable bonds is 7. The Kier molecular flexibility index (Phi) is 8.12. The van der Waals surface area contributed by atoms with E-state index in [0.717, 1.165) is 9.87 Å². The molecule has 1 aliphatic heterocycles. The van der Waals surface area contributed by atoms with E-state index in [1.54, 1.807) is 35.2 Å². The summed E-state index contributed by atoms with van der Waals surface area (Å²) in [5.74, 6) is -0.409. The molecule has 0 aromatic heterocycles. The van der Waals surface area contributed by atoms with E-state index in [9.17, 15) is 17.6 Å². The van der Waals surface area contributed by atoms with Crippen LogP contribution < -0.4 is 4.72 Å². The van der Waals surface area contributed by atoms with Crippen molar-refractivity contribution in [3.63, 3.8) is 0 Å². The first-order valence-electron chi connectivity index (χ1n) is 10.5. The number of piperazine rings is 1. The fourth-order valence-electron chi connectivity index (χ4n) is 3.60. The van der Waals surface area contributed by atoms with Crippen LogP contribution in [0.25, 0.3) is 6.08 Å². The second kappa shape index (κ2) is 10.6. The van der Waals surface area contributed by atoms with E-state index in [2.05, 4.69) is 9.62 Å². The van der Waals surface area contributed by atoms with Crippen LogP contribution in [-0.4, -0.2) is 68.2 Å². The van der Waals surface area contributed by atoms with Gasteiger partial charge in [0, 0.05) is 57.4 Å². The zero-order valence-corrected chi connectivity index (χ0v) is 20.4. The summed E-state index contributed by atoms with van der Waals surface area (Å²) in [5, 5.41) is 0.376. The Bertz CT molecular complexity index is 1120. The standard InChI is InChI=1S/C23H28ClFN4O3S/c1-17-15-28(16-18-4-9-21(25)10-5-18)12-13-29(17)23(30)11-7-19-6-8-20(24)14-22(19)26-33(31,32)27(2)3/h4-11,14,17,26H,12-13,15-16H2,1-3H3/b11-7+/t17-/m1/s1. The molecule has 0 aliphatic carbocycles. The van der Waals surface area contributed by atoms with Gasteiger partial charge in [-0.25, -0.2) is 4.39 Å². The number of carbonyl (C=O) groups is 1. The summed E-state index contributed by atoms with van der Waals surface area (Å²) in [4.78, 5) is 16.9. The van der Waals surface area contributed by atoms with Crippen molar-refractivity contribution in [2.45, 2.75) is 19.5 Å². The molecule has 0 spiro atoms. The van der Waals surface area contributed by atoms with E-state index < -0.39 is 10.2 Å². The van der Waals surface area contributed by atoms with Crippen LogP contribution in [0.5, 0.6) is 0 Å². The quantitative estimate of drug-likeness (QED) is 0.598. The maximum atomic E-state index is 13.1. The Balaban J connectivity index is 1.65. The Labute approximate surface area is 199 Å². The van der Waals surface area contributed by atoms with Crippen LogP contribution >= 0.6 is 11.6 Å². The van der Waals surface area contributed by atoms with Crippen molar-refractivity contribution in [3.05, 3.63) is 70.5 Å². The maximum absolute atomic E-state index is 13.1. The number of halogens is 2. The molecule has 2 aromatic carbocycles. The highest BCUT2D eigenvalue weighted by atomic mass is 35.5. The van der Waals surface area contributed by atoms with Crippen LogP contribution in [0, 0.1) is 5.82 Å². The van der Waals surface area contributed by atoms with Gasteiger partial charge in [-0.2, -0.15) is 12.7 Å². The molecule has 33 heavy (non-hydrogen) atoms. The summed E-state index contributed by atoms with van der Waals surface area (Å²) >= 11 is 6.04. The van der Waals surface area contributed by atoms with Crippen LogP contribution in [0.15, 0.2) is 48.5 Å². The van der Waals surface area contributed by atoms with Crippen molar-refractivity contribution in [1.29, 1.82) is 0 Å². The fourth-order valence-corrected chi connectivity index (χ4v) is 4.41. The summed E-state index contributed by atoms with van der Waals surface area (Å²) in [6.07, 6.45) is 3.03. The molecule has 1 amide bonds. The van der Waals surface area contributed by atoms with Crippen molar-refractivity contribution in [2.75, 3.05) is 38.5 Å². The van der Waals surface area contributed by atoms with Gasteiger partial charge in [0.25, 0.3) is 0 Å². The number of amides is 1. The molecular formula is C23H28ClFN4O3S. The fraction of sp³-hybridized carbons (Fsp3) is 0.348. The number of benzene rings is 2. The van der Waals surface area contributed by atoms with Crippen LogP contribution in [0.4, 0.5) is 10.1 Å². The highest BCUT2D eigenvalue weighted by molar-refractivity contribution is 7.90. The van der Waals surface area contributed by atoms with Crippen LogP contribution in [0.2, 0.25) is 5.02 Å². The minimum Gasteiger partial charge on any atom is -0.334 e. The second-order valence-corrected chi connectivity index (χ2v) is 10.5. The Morgan fingerprint density at radius 1 is 1.21 bits per heavy atom. The van der Waals surface area contributed by atoms with Crippen molar-refractivity contribution in [2.24, 2.45) is 0 Å². The molecule has 1 aliphatic rings. The van der Waals surface area contributed by atoms with Gasteiger partial charge < -0.3 is 4.90 Å². The van der Waals surface area contributed by atoms with Crippen LogP contribution in [-0.2, 0) is 21.5 Å². The molecule has 3 rings (SSSR count). The number of hydrogen-bond donors (Lipinski definition) is 1. The predicted octanol–water partition coefficient (Wildman–Crippen LogP) is 3.44. The van der Waals surface area contributed by atoms with E-state index >= 15 is 0 Å². The molecule has 1 saturated heterocycles. The minimum atomic E-state index is -3.72. The van der Waals surface area contributed by atoms with E-state index in [1.807, 2.05) is 6.92 Å². The molecule has 2 aromatic rings. The molecule has 0 radical (unpaired) electrons. The number of carbonyl (C=O) groups excluding carboxylic acids is 1. The largest absolute Gasteiger partial charge is 0.334 e. The van der Waals surface area contributed by atoms with Gasteiger partial charge in [0.05, 0.1) is 5.69 Å². The Morgan fingerprint density at radius 3 is 2.55 bits per heavy atom. The predicted molar refractivity (Wildman–Crippen MR) is 130 cm³/mol. The lowest BCUT2D eigenvalue weighted by Gasteiger charge is -2.39. The van der Waals surface area contributed by atoms with Crippen LogP contribution in [0.3, 0.4) is 0 Å². The highest BCUT2D eigenvalue weighted by Gasteiger charge is 2.26. The number of hydrogen-bond acceptors (Lipinski definition) is 4. The van der Waals surface area contributed by atoms with Gasteiger partial charge in [-0.05, 0) is 48.4 Å². The first kappa shape index (κ1) is 25.2. The minimum absolute atomic E-state index is 0.00622. The molecule has 0 bridgehead atoms. The van der Waals surface area contributed by atoms with E-state index in [0.29, 0.717) is 36.8 Å². The van der Waals surface area contributed by atoms with E-state index in [1.165, 1.54) is 38.4 Å². The van der Waals surface area contributed by atoms with E-state index in [-0.39, 0.29) is 23.5 Å². The molecule has 7 nitrogen and oxygen atoms in total. The van der Waals surface area contributed by atoms with Gasteiger partial charge in [0.2, 0.25) is 5.91 Å². The second-order valence-electron chi connectivity index (χ2n) is 8.20. The summed E-state index contributed by atoms with van der Waals surface area (Å²) < 4.78 is 41.1. The third-order valence-corrected chi connectivity index (χ3v) is 7.13. The van der Waals surface area contributed by atoms with Crippen molar-refractivity contribution in [1.82, 2.24) is 14.1 Å². The number of anilines is 1. The first-order valence-corrected chi connectivity index (χ1v) is 12.3. The molecule has 1 fully saturated rings. The average Bonchev–Trinajstić information content (AvgIpc) is 2.74. The summed E-state index contributed by atoms with van der Waals surface area (Å²) in [7, 11) is -0.884. The zero-order chi connectivity index (χ0) is 24.2. The van der Waals surface area contributed by atoms with Crippen molar-refractivity contribution < 1.29 is 17.6 Å². The molecule has 0 unspecified atom stereocenters. The number of nitrogens with one attached hydrogen (secondary N) is 1. The lowest BCUT2D eigenvalue weighted by atomic mass is 10.1. The lowest BCUT2D eigenvalue weighted by molar-refractivity contribution is -0.130. The Hall–Kier alpha value is -2.46.